The monoisotopic (exact) mass is 375 g/mol. The molecule has 4 nitrogen and oxygen atoms in total. The van der Waals surface area contributed by atoms with Crippen LogP contribution in [-0.2, 0) is 19.4 Å². The normalized spacial score (nSPS) is 10.9. The van der Waals surface area contributed by atoms with Gasteiger partial charge in [0, 0.05) is 18.4 Å². The Bertz CT molecular complexity index is 896. The van der Waals surface area contributed by atoms with Gasteiger partial charge >= 0.3 is 0 Å². The first-order valence-electron chi connectivity index (χ1n) is 10.3. The summed E-state index contributed by atoms with van der Waals surface area (Å²) in [4.78, 5) is 16.1. The summed E-state index contributed by atoms with van der Waals surface area (Å²) in [6.07, 6.45) is 7.40. The van der Waals surface area contributed by atoms with E-state index >= 15 is 0 Å². The first kappa shape index (κ1) is 20.0. The van der Waals surface area contributed by atoms with Crippen LogP contribution in [0.1, 0.15) is 67.1 Å². The van der Waals surface area contributed by atoms with Crippen LogP contribution < -0.4 is 0 Å². The van der Waals surface area contributed by atoms with Crippen LogP contribution in [-0.4, -0.2) is 21.1 Å². The summed E-state index contributed by atoms with van der Waals surface area (Å²) >= 11 is 0. The molecule has 2 aromatic carbocycles. The Labute approximate surface area is 167 Å². The van der Waals surface area contributed by atoms with Crippen molar-refractivity contribution in [2.45, 2.75) is 58.9 Å². The minimum Gasteiger partial charge on any atom is -0.298 e. The van der Waals surface area contributed by atoms with Crippen molar-refractivity contribution >= 4 is 6.29 Å². The summed E-state index contributed by atoms with van der Waals surface area (Å²) < 4.78 is 2.06. The Kier molecular flexibility index (Phi) is 7.12. The van der Waals surface area contributed by atoms with Crippen molar-refractivity contribution in [3.63, 3.8) is 0 Å². The second-order valence-corrected chi connectivity index (χ2v) is 7.21. The zero-order chi connectivity index (χ0) is 19.8. The number of rotatable bonds is 10. The number of benzene rings is 2. The predicted octanol–water partition coefficient (Wildman–Crippen LogP) is 5.49. The zero-order valence-corrected chi connectivity index (χ0v) is 16.9. The molecule has 0 spiro atoms. The standard InChI is InChI=1S/C24H29N3O/c1-3-5-11-23-25-24(12-6-4-2)27(26-23)17-19-13-15-20(16-14-19)22-10-8-7-9-21(22)18-28/h7-10,13-16,18H,3-6,11-12,17H2,1-2H3. The first-order valence-corrected chi connectivity index (χ1v) is 10.3. The Hall–Kier alpha value is -2.75. The van der Waals surface area contributed by atoms with E-state index in [9.17, 15) is 4.79 Å². The van der Waals surface area contributed by atoms with Crippen molar-refractivity contribution in [2.24, 2.45) is 0 Å². The lowest BCUT2D eigenvalue weighted by molar-refractivity contribution is 0.112. The van der Waals surface area contributed by atoms with Crippen molar-refractivity contribution in [2.75, 3.05) is 0 Å². The lowest BCUT2D eigenvalue weighted by Gasteiger charge is -2.08. The number of hydrogen-bond donors (Lipinski definition) is 0. The van der Waals surface area contributed by atoms with E-state index in [1.54, 1.807) is 0 Å². The molecule has 0 aliphatic carbocycles. The fraction of sp³-hybridized carbons (Fsp3) is 0.375. The highest BCUT2D eigenvalue weighted by Gasteiger charge is 2.10. The van der Waals surface area contributed by atoms with Gasteiger partial charge in [-0.1, -0.05) is 75.2 Å². The Morgan fingerprint density at radius 2 is 1.64 bits per heavy atom. The molecular formula is C24H29N3O. The smallest absolute Gasteiger partial charge is 0.150 e. The van der Waals surface area contributed by atoms with Crippen LogP contribution >= 0.6 is 0 Å². The Balaban J connectivity index is 1.79. The van der Waals surface area contributed by atoms with Gasteiger partial charge in [-0.25, -0.2) is 9.67 Å². The lowest BCUT2D eigenvalue weighted by atomic mass is 9.99. The predicted molar refractivity (Wildman–Crippen MR) is 114 cm³/mol. The van der Waals surface area contributed by atoms with Crippen LogP contribution in [0, 0.1) is 0 Å². The summed E-state index contributed by atoms with van der Waals surface area (Å²) in [5, 5.41) is 4.76. The molecule has 28 heavy (non-hydrogen) atoms. The van der Waals surface area contributed by atoms with Crippen molar-refractivity contribution in [1.29, 1.82) is 0 Å². The topological polar surface area (TPSA) is 47.8 Å². The molecule has 0 fully saturated rings. The molecule has 0 saturated carbocycles. The van der Waals surface area contributed by atoms with Crippen LogP contribution in [0.25, 0.3) is 11.1 Å². The average Bonchev–Trinajstić information content (AvgIpc) is 3.12. The van der Waals surface area contributed by atoms with Gasteiger partial charge in [0.1, 0.15) is 5.82 Å². The molecule has 146 valence electrons. The van der Waals surface area contributed by atoms with Crippen LogP contribution in [0.4, 0.5) is 0 Å². The molecule has 3 aromatic rings. The quantitative estimate of drug-likeness (QED) is 0.440. The van der Waals surface area contributed by atoms with Crippen molar-refractivity contribution < 1.29 is 4.79 Å². The third-order valence-corrected chi connectivity index (χ3v) is 4.99. The number of carbonyl (C=O) groups is 1. The molecule has 1 aromatic heterocycles. The van der Waals surface area contributed by atoms with Gasteiger partial charge in [0.2, 0.25) is 0 Å². The minimum atomic E-state index is 0.717. The number of aromatic nitrogens is 3. The lowest BCUT2D eigenvalue weighted by Crippen LogP contribution is -2.07. The maximum atomic E-state index is 11.3. The average molecular weight is 376 g/mol. The molecule has 4 heteroatoms. The van der Waals surface area contributed by atoms with E-state index < -0.39 is 0 Å². The molecular weight excluding hydrogens is 346 g/mol. The summed E-state index contributed by atoms with van der Waals surface area (Å²) in [6.45, 7) is 5.13. The highest BCUT2D eigenvalue weighted by atomic mass is 16.1. The van der Waals surface area contributed by atoms with E-state index in [0.29, 0.717) is 5.56 Å². The van der Waals surface area contributed by atoms with E-state index in [0.717, 1.165) is 74.1 Å². The molecule has 0 amide bonds. The van der Waals surface area contributed by atoms with E-state index in [2.05, 4.69) is 42.8 Å². The number of aryl methyl sites for hydroxylation is 2. The van der Waals surface area contributed by atoms with E-state index in [1.165, 1.54) is 5.56 Å². The maximum absolute atomic E-state index is 11.3. The SMILES string of the molecule is CCCCc1nc(CCCC)n(Cc2ccc(-c3ccccc3C=O)cc2)n1. The summed E-state index contributed by atoms with van der Waals surface area (Å²) in [7, 11) is 0. The number of carbonyl (C=O) groups excluding carboxylic acids is 1. The molecule has 0 aliphatic rings. The number of hydrogen-bond acceptors (Lipinski definition) is 3. The summed E-state index contributed by atoms with van der Waals surface area (Å²) in [5.41, 5.74) is 3.93. The summed E-state index contributed by atoms with van der Waals surface area (Å²) in [5.74, 6) is 2.05. The third-order valence-electron chi connectivity index (χ3n) is 4.99. The van der Waals surface area contributed by atoms with E-state index in [-0.39, 0.29) is 0 Å². The van der Waals surface area contributed by atoms with Gasteiger partial charge in [0.15, 0.2) is 12.1 Å². The molecule has 0 bridgehead atoms. The minimum absolute atomic E-state index is 0.717. The second kappa shape index (κ2) is 9.98. The van der Waals surface area contributed by atoms with E-state index in [4.69, 9.17) is 10.1 Å². The fourth-order valence-electron chi connectivity index (χ4n) is 3.34. The first-order chi connectivity index (χ1) is 13.7. The summed E-state index contributed by atoms with van der Waals surface area (Å²) in [6, 6.07) is 16.1. The molecule has 0 unspecified atom stereocenters. The highest BCUT2D eigenvalue weighted by molar-refractivity contribution is 5.87. The fourth-order valence-corrected chi connectivity index (χ4v) is 3.34. The van der Waals surface area contributed by atoms with Crippen LogP contribution in [0.15, 0.2) is 48.5 Å². The van der Waals surface area contributed by atoms with Crippen molar-refractivity contribution in [3.05, 3.63) is 71.3 Å². The number of unbranched alkanes of at least 4 members (excludes halogenated alkanes) is 2. The molecule has 0 atom stereocenters. The Morgan fingerprint density at radius 1 is 0.929 bits per heavy atom. The van der Waals surface area contributed by atoms with Crippen LogP contribution in [0.3, 0.4) is 0 Å². The second-order valence-electron chi connectivity index (χ2n) is 7.21. The van der Waals surface area contributed by atoms with Gasteiger partial charge < -0.3 is 0 Å². The molecule has 0 N–H and O–H groups in total. The molecule has 1 heterocycles. The van der Waals surface area contributed by atoms with E-state index in [1.807, 2.05) is 24.3 Å². The van der Waals surface area contributed by atoms with Crippen molar-refractivity contribution in [1.82, 2.24) is 14.8 Å². The zero-order valence-electron chi connectivity index (χ0n) is 16.9. The molecule has 0 radical (unpaired) electrons. The van der Waals surface area contributed by atoms with Gasteiger partial charge in [-0.15, -0.1) is 0 Å². The molecule has 0 aliphatic heterocycles. The molecule has 0 saturated heterocycles. The Morgan fingerprint density at radius 3 is 2.36 bits per heavy atom. The highest BCUT2D eigenvalue weighted by Crippen LogP contribution is 2.23. The van der Waals surface area contributed by atoms with Gasteiger partial charge in [0.25, 0.3) is 0 Å². The van der Waals surface area contributed by atoms with Gasteiger partial charge in [0.05, 0.1) is 6.54 Å². The van der Waals surface area contributed by atoms with Crippen LogP contribution in [0.2, 0.25) is 0 Å². The third kappa shape index (κ3) is 4.94. The molecule has 3 rings (SSSR count). The van der Waals surface area contributed by atoms with Crippen LogP contribution in [0.5, 0.6) is 0 Å². The number of nitrogens with zero attached hydrogens (tertiary/aromatic N) is 3. The van der Waals surface area contributed by atoms with Gasteiger partial charge in [-0.3, -0.25) is 4.79 Å². The van der Waals surface area contributed by atoms with Gasteiger partial charge in [-0.05, 0) is 29.5 Å². The maximum Gasteiger partial charge on any atom is 0.150 e. The van der Waals surface area contributed by atoms with Gasteiger partial charge in [-0.2, -0.15) is 5.10 Å². The number of aldehydes is 1. The largest absolute Gasteiger partial charge is 0.298 e. The van der Waals surface area contributed by atoms with Crippen molar-refractivity contribution in [3.8, 4) is 11.1 Å².